The van der Waals surface area contributed by atoms with Gasteiger partial charge >= 0.3 is 0 Å². The van der Waals surface area contributed by atoms with Gasteiger partial charge in [0.25, 0.3) is 5.91 Å². The molecule has 3 unspecified atom stereocenters. The normalized spacial score (nSPS) is 29.4. The molecular formula is C17H24N2O3. The highest BCUT2D eigenvalue weighted by molar-refractivity contribution is 5.81. The van der Waals surface area contributed by atoms with E-state index in [-0.39, 0.29) is 24.2 Å². The number of rotatable bonds is 2. The molecule has 1 N–H and O–H groups in total. The smallest absolute Gasteiger partial charge is 0.253 e. The Balaban J connectivity index is 1.73. The maximum atomic E-state index is 12.7. The molecule has 2 aliphatic rings. The van der Waals surface area contributed by atoms with Crippen LogP contribution in [-0.2, 0) is 14.3 Å². The summed E-state index contributed by atoms with van der Waals surface area (Å²) < 4.78 is 11.6. The molecule has 1 aromatic rings. The Morgan fingerprint density at radius 3 is 2.86 bits per heavy atom. The van der Waals surface area contributed by atoms with Crippen molar-refractivity contribution in [2.75, 3.05) is 32.8 Å². The zero-order valence-corrected chi connectivity index (χ0v) is 13.2. The predicted octanol–water partition coefficient (Wildman–Crippen LogP) is 1.27. The van der Waals surface area contributed by atoms with Gasteiger partial charge in [0.1, 0.15) is 12.2 Å². The van der Waals surface area contributed by atoms with Crippen LogP contribution in [0.2, 0.25) is 0 Å². The first kappa shape index (κ1) is 15.5. The summed E-state index contributed by atoms with van der Waals surface area (Å²) in [6.07, 6.45) is -0.426. The molecule has 5 heteroatoms. The zero-order valence-electron chi connectivity index (χ0n) is 13.2. The standard InChI is InChI=1S/C17H24N2O3/c1-12-5-3-4-6-14(12)16-10-19(13(2)11-22-16)17(20)15-9-18-7-8-21-15/h3-6,13,15-16,18H,7-11H2,1-2H3. The lowest BCUT2D eigenvalue weighted by molar-refractivity contribution is -0.158. The molecule has 0 aromatic heterocycles. The van der Waals surface area contributed by atoms with Gasteiger partial charge in [-0.05, 0) is 25.0 Å². The average Bonchev–Trinajstić information content (AvgIpc) is 2.56. The quantitative estimate of drug-likeness (QED) is 0.894. The summed E-state index contributed by atoms with van der Waals surface area (Å²) in [5.74, 6) is 0.0709. The maximum absolute atomic E-state index is 12.7. The Morgan fingerprint density at radius 1 is 1.32 bits per heavy atom. The number of hydrogen-bond donors (Lipinski definition) is 1. The Labute approximate surface area is 131 Å². The van der Waals surface area contributed by atoms with Crippen molar-refractivity contribution in [1.82, 2.24) is 10.2 Å². The number of carbonyl (C=O) groups is 1. The molecule has 2 fully saturated rings. The van der Waals surface area contributed by atoms with Crippen LogP contribution in [0.3, 0.4) is 0 Å². The van der Waals surface area contributed by atoms with Crippen LogP contribution in [0.25, 0.3) is 0 Å². The lowest BCUT2D eigenvalue weighted by Gasteiger charge is -2.40. The Hall–Kier alpha value is -1.43. The second-order valence-corrected chi connectivity index (χ2v) is 6.08. The number of aryl methyl sites for hydroxylation is 1. The van der Waals surface area contributed by atoms with E-state index in [4.69, 9.17) is 9.47 Å². The molecule has 0 spiro atoms. The third-order valence-corrected chi connectivity index (χ3v) is 4.45. The van der Waals surface area contributed by atoms with Crippen LogP contribution in [0.1, 0.15) is 24.2 Å². The summed E-state index contributed by atoms with van der Waals surface area (Å²) >= 11 is 0. The van der Waals surface area contributed by atoms with Gasteiger partial charge in [0, 0.05) is 13.1 Å². The van der Waals surface area contributed by atoms with Gasteiger partial charge in [-0.2, -0.15) is 0 Å². The van der Waals surface area contributed by atoms with Crippen molar-refractivity contribution in [3.63, 3.8) is 0 Å². The molecule has 0 bridgehead atoms. The SMILES string of the molecule is Cc1ccccc1C1CN(C(=O)C2CNCCO2)C(C)CO1. The molecule has 1 aromatic carbocycles. The molecule has 0 saturated carbocycles. The molecule has 3 atom stereocenters. The van der Waals surface area contributed by atoms with Crippen molar-refractivity contribution in [2.45, 2.75) is 32.1 Å². The summed E-state index contributed by atoms with van der Waals surface area (Å²) in [5, 5.41) is 3.22. The number of amides is 1. The second-order valence-electron chi connectivity index (χ2n) is 6.08. The van der Waals surface area contributed by atoms with Gasteiger partial charge in [0.2, 0.25) is 0 Å². The molecule has 1 amide bonds. The molecule has 2 saturated heterocycles. The minimum absolute atomic E-state index is 0.0575. The molecule has 2 heterocycles. The Kier molecular flexibility index (Phi) is 4.76. The Bertz CT molecular complexity index is 528. The van der Waals surface area contributed by atoms with E-state index in [9.17, 15) is 4.79 Å². The van der Waals surface area contributed by atoms with Crippen molar-refractivity contribution in [3.05, 3.63) is 35.4 Å². The molecule has 22 heavy (non-hydrogen) atoms. The lowest BCUT2D eigenvalue weighted by atomic mass is 10.0. The van der Waals surface area contributed by atoms with Crippen LogP contribution in [0.4, 0.5) is 0 Å². The van der Waals surface area contributed by atoms with Crippen LogP contribution >= 0.6 is 0 Å². The van der Waals surface area contributed by atoms with Gasteiger partial charge in [-0.25, -0.2) is 0 Å². The predicted molar refractivity (Wildman–Crippen MR) is 83.7 cm³/mol. The van der Waals surface area contributed by atoms with Crippen LogP contribution in [0.5, 0.6) is 0 Å². The molecule has 3 rings (SSSR count). The van der Waals surface area contributed by atoms with E-state index < -0.39 is 0 Å². The van der Waals surface area contributed by atoms with E-state index in [0.717, 1.165) is 12.1 Å². The summed E-state index contributed by atoms with van der Waals surface area (Å²) in [4.78, 5) is 14.6. The third kappa shape index (κ3) is 3.16. The molecule has 5 nitrogen and oxygen atoms in total. The second kappa shape index (κ2) is 6.77. The van der Waals surface area contributed by atoms with Crippen LogP contribution in [-0.4, -0.2) is 55.8 Å². The zero-order chi connectivity index (χ0) is 15.5. The van der Waals surface area contributed by atoms with Crippen molar-refractivity contribution in [3.8, 4) is 0 Å². The van der Waals surface area contributed by atoms with E-state index in [1.807, 2.05) is 24.0 Å². The number of morpholine rings is 2. The van der Waals surface area contributed by atoms with Crippen LogP contribution in [0.15, 0.2) is 24.3 Å². The highest BCUT2D eigenvalue weighted by Crippen LogP contribution is 2.27. The van der Waals surface area contributed by atoms with Gasteiger partial charge in [-0.1, -0.05) is 24.3 Å². The largest absolute Gasteiger partial charge is 0.370 e. The van der Waals surface area contributed by atoms with Crippen molar-refractivity contribution in [1.29, 1.82) is 0 Å². The van der Waals surface area contributed by atoms with E-state index in [2.05, 4.69) is 24.4 Å². The summed E-state index contributed by atoms with van der Waals surface area (Å²) in [6, 6.07) is 8.28. The highest BCUT2D eigenvalue weighted by Gasteiger charge is 2.35. The van der Waals surface area contributed by atoms with Crippen molar-refractivity contribution >= 4 is 5.91 Å². The van der Waals surface area contributed by atoms with Gasteiger partial charge < -0.3 is 19.7 Å². The van der Waals surface area contributed by atoms with Gasteiger partial charge in [-0.3, -0.25) is 4.79 Å². The highest BCUT2D eigenvalue weighted by atomic mass is 16.5. The van der Waals surface area contributed by atoms with E-state index >= 15 is 0 Å². The molecule has 2 aliphatic heterocycles. The summed E-state index contributed by atoms with van der Waals surface area (Å²) in [7, 11) is 0. The first-order valence-corrected chi connectivity index (χ1v) is 7.96. The third-order valence-electron chi connectivity index (χ3n) is 4.45. The molecule has 0 radical (unpaired) electrons. The number of nitrogens with one attached hydrogen (secondary N) is 1. The van der Waals surface area contributed by atoms with Gasteiger partial charge in [0.05, 0.1) is 25.8 Å². The maximum Gasteiger partial charge on any atom is 0.253 e. The first-order chi connectivity index (χ1) is 10.7. The topological polar surface area (TPSA) is 50.8 Å². The number of carbonyl (C=O) groups excluding carboxylic acids is 1. The van der Waals surface area contributed by atoms with E-state index in [1.165, 1.54) is 5.56 Å². The molecular weight excluding hydrogens is 280 g/mol. The monoisotopic (exact) mass is 304 g/mol. The van der Waals surface area contributed by atoms with Gasteiger partial charge in [-0.15, -0.1) is 0 Å². The van der Waals surface area contributed by atoms with Crippen LogP contribution in [0, 0.1) is 6.92 Å². The lowest BCUT2D eigenvalue weighted by Crippen LogP contribution is -2.55. The fraction of sp³-hybridized carbons (Fsp3) is 0.588. The fourth-order valence-corrected chi connectivity index (χ4v) is 3.11. The number of hydrogen-bond acceptors (Lipinski definition) is 4. The van der Waals surface area contributed by atoms with E-state index in [1.54, 1.807) is 0 Å². The summed E-state index contributed by atoms with van der Waals surface area (Å²) in [5.41, 5.74) is 2.36. The first-order valence-electron chi connectivity index (χ1n) is 7.96. The molecule has 120 valence electrons. The van der Waals surface area contributed by atoms with Crippen LogP contribution < -0.4 is 5.32 Å². The van der Waals surface area contributed by atoms with Gasteiger partial charge in [0.15, 0.2) is 0 Å². The Morgan fingerprint density at radius 2 is 2.14 bits per heavy atom. The van der Waals surface area contributed by atoms with Crippen molar-refractivity contribution < 1.29 is 14.3 Å². The fourth-order valence-electron chi connectivity index (χ4n) is 3.11. The number of ether oxygens (including phenoxy) is 2. The minimum atomic E-state index is -0.369. The van der Waals surface area contributed by atoms with E-state index in [0.29, 0.717) is 26.3 Å². The minimum Gasteiger partial charge on any atom is -0.370 e. The van der Waals surface area contributed by atoms with Crippen molar-refractivity contribution in [2.24, 2.45) is 0 Å². The number of benzene rings is 1. The molecule has 0 aliphatic carbocycles. The average molecular weight is 304 g/mol. The number of nitrogens with zero attached hydrogens (tertiary/aromatic N) is 1. The summed E-state index contributed by atoms with van der Waals surface area (Å²) in [6.45, 7) is 7.26.